The van der Waals surface area contributed by atoms with Crippen molar-refractivity contribution >= 4 is 21.8 Å². The van der Waals surface area contributed by atoms with Crippen LogP contribution >= 0.6 is 0 Å². The maximum atomic E-state index is 11.4. The molecule has 23 heavy (non-hydrogen) atoms. The number of carbonyl (C=O) groups is 2. The van der Waals surface area contributed by atoms with Gasteiger partial charge in [0.25, 0.3) is 11.8 Å². The predicted octanol–water partition coefficient (Wildman–Crippen LogP) is 0.0490. The zero-order valence-corrected chi connectivity index (χ0v) is 14.4. The molecule has 0 saturated carbocycles. The first kappa shape index (κ1) is 18.1. The molecule has 1 saturated heterocycles. The molecule has 0 aromatic carbocycles. The summed E-state index contributed by atoms with van der Waals surface area (Å²) in [5.41, 5.74) is 0. The van der Waals surface area contributed by atoms with Gasteiger partial charge < -0.3 is 4.90 Å². The van der Waals surface area contributed by atoms with Gasteiger partial charge in [0.1, 0.15) is 0 Å². The molecule has 0 aromatic heterocycles. The second kappa shape index (κ2) is 8.03. The second-order valence-corrected chi connectivity index (χ2v) is 8.06. The summed E-state index contributed by atoms with van der Waals surface area (Å²) < 4.78 is 24.4. The number of hydrogen-bond acceptors (Lipinski definition) is 5. The first-order valence-corrected chi connectivity index (χ1v) is 9.94. The summed E-state index contributed by atoms with van der Waals surface area (Å²) in [6.45, 7) is 4.19. The van der Waals surface area contributed by atoms with Gasteiger partial charge in [0, 0.05) is 44.9 Å². The largest absolute Gasteiger partial charge is 0.301 e. The van der Waals surface area contributed by atoms with Crippen molar-refractivity contribution in [1.29, 1.82) is 0 Å². The van der Waals surface area contributed by atoms with Crippen LogP contribution in [0.5, 0.6) is 0 Å². The molecule has 7 nitrogen and oxygen atoms in total. The molecule has 2 aliphatic rings. The van der Waals surface area contributed by atoms with E-state index in [4.69, 9.17) is 0 Å². The Morgan fingerprint density at radius 1 is 0.870 bits per heavy atom. The Kier molecular flexibility index (Phi) is 6.32. The lowest BCUT2D eigenvalue weighted by Crippen LogP contribution is -2.48. The number of sulfonamides is 1. The van der Waals surface area contributed by atoms with Crippen LogP contribution in [0.1, 0.15) is 25.7 Å². The number of amides is 2. The molecule has 0 N–H and O–H groups in total. The van der Waals surface area contributed by atoms with Gasteiger partial charge in [0.05, 0.1) is 6.26 Å². The fourth-order valence-corrected chi connectivity index (χ4v) is 3.72. The number of piperazine rings is 1. The molecular formula is C15H25N3O4S. The molecule has 2 aliphatic heterocycles. The van der Waals surface area contributed by atoms with Crippen LogP contribution in [-0.2, 0) is 19.6 Å². The minimum Gasteiger partial charge on any atom is -0.301 e. The maximum Gasteiger partial charge on any atom is 0.253 e. The van der Waals surface area contributed by atoms with E-state index in [1.807, 2.05) is 0 Å². The number of imide groups is 1. The van der Waals surface area contributed by atoms with Crippen LogP contribution < -0.4 is 0 Å². The van der Waals surface area contributed by atoms with E-state index in [0.29, 0.717) is 19.6 Å². The normalized spacial score (nSPS) is 20.7. The van der Waals surface area contributed by atoms with Gasteiger partial charge in [-0.1, -0.05) is 12.8 Å². The Labute approximate surface area is 138 Å². The molecule has 2 heterocycles. The van der Waals surface area contributed by atoms with Crippen molar-refractivity contribution in [2.24, 2.45) is 0 Å². The molecule has 0 spiro atoms. The Hall–Kier alpha value is -1.25. The molecule has 0 atom stereocenters. The molecule has 8 heteroatoms. The summed E-state index contributed by atoms with van der Waals surface area (Å²) in [5, 5.41) is 0. The number of unbranched alkanes of at least 4 members (excludes halogenated alkanes) is 3. The highest BCUT2D eigenvalue weighted by molar-refractivity contribution is 7.88. The van der Waals surface area contributed by atoms with Gasteiger partial charge >= 0.3 is 0 Å². The average Bonchev–Trinajstić information content (AvgIpc) is 2.82. The summed E-state index contributed by atoms with van der Waals surface area (Å²) in [6.07, 6.45) is 7.82. The molecule has 0 bridgehead atoms. The van der Waals surface area contributed by atoms with Crippen LogP contribution in [0.4, 0.5) is 0 Å². The lowest BCUT2D eigenvalue weighted by Gasteiger charge is -2.33. The van der Waals surface area contributed by atoms with E-state index >= 15 is 0 Å². The SMILES string of the molecule is CS(=O)(=O)N1CCN(CCCCCCN2C(=O)C=CC2=O)CC1. The highest BCUT2D eigenvalue weighted by Crippen LogP contribution is 2.10. The van der Waals surface area contributed by atoms with Gasteiger partial charge in [0.15, 0.2) is 0 Å². The van der Waals surface area contributed by atoms with E-state index in [0.717, 1.165) is 45.3 Å². The van der Waals surface area contributed by atoms with Gasteiger partial charge in [-0.25, -0.2) is 8.42 Å². The molecular weight excluding hydrogens is 318 g/mol. The predicted molar refractivity (Wildman–Crippen MR) is 87.2 cm³/mol. The van der Waals surface area contributed by atoms with E-state index in [-0.39, 0.29) is 11.8 Å². The Morgan fingerprint density at radius 3 is 1.91 bits per heavy atom. The zero-order valence-electron chi connectivity index (χ0n) is 13.6. The topological polar surface area (TPSA) is 78.0 Å². The summed E-state index contributed by atoms with van der Waals surface area (Å²) in [5.74, 6) is -0.419. The van der Waals surface area contributed by atoms with Gasteiger partial charge in [-0.2, -0.15) is 4.31 Å². The summed E-state index contributed by atoms with van der Waals surface area (Å²) in [4.78, 5) is 26.3. The minimum atomic E-state index is -3.06. The van der Waals surface area contributed by atoms with Crippen molar-refractivity contribution in [3.05, 3.63) is 12.2 Å². The standard InChI is InChI=1S/C15H25N3O4S/c1-23(21,22)17-12-10-16(11-13-17)8-4-2-3-5-9-18-14(19)6-7-15(18)20/h6-7H,2-5,8-13H2,1H3. The minimum absolute atomic E-state index is 0.209. The third-order valence-corrected chi connectivity index (χ3v) is 5.61. The molecule has 0 aliphatic carbocycles. The van der Waals surface area contributed by atoms with E-state index in [1.165, 1.54) is 27.6 Å². The van der Waals surface area contributed by atoms with Crippen LogP contribution in [0.15, 0.2) is 12.2 Å². The van der Waals surface area contributed by atoms with Crippen molar-refractivity contribution in [1.82, 2.24) is 14.1 Å². The average molecular weight is 343 g/mol. The first-order valence-electron chi connectivity index (χ1n) is 8.09. The fourth-order valence-electron chi connectivity index (χ4n) is 2.90. The monoisotopic (exact) mass is 343 g/mol. The third-order valence-electron chi connectivity index (χ3n) is 4.31. The zero-order chi connectivity index (χ0) is 16.9. The number of carbonyl (C=O) groups excluding carboxylic acids is 2. The van der Waals surface area contributed by atoms with E-state index in [9.17, 15) is 18.0 Å². The van der Waals surface area contributed by atoms with E-state index in [1.54, 1.807) is 0 Å². The number of rotatable bonds is 8. The molecule has 0 radical (unpaired) electrons. The lowest BCUT2D eigenvalue weighted by atomic mass is 10.1. The van der Waals surface area contributed by atoms with Crippen LogP contribution in [0.25, 0.3) is 0 Å². The van der Waals surface area contributed by atoms with Crippen LogP contribution in [0, 0.1) is 0 Å². The highest BCUT2D eigenvalue weighted by Gasteiger charge is 2.23. The van der Waals surface area contributed by atoms with Crippen molar-refractivity contribution < 1.29 is 18.0 Å². The van der Waals surface area contributed by atoms with Gasteiger partial charge in [-0.3, -0.25) is 14.5 Å². The summed E-state index contributed by atoms with van der Waals surface area (Å²) in [7, 11) is -3.06. The molecule has 2 rings (SSSR count). The Bertz CT molecular complexity index is 547. The van der Waals surface area contributed by atoms with Gasteiger partial charge in [-0.15, -0.1) is 0 Å². The second-order valence-electron chi connectivity index (χ2n) is 6.08. The Balaban J connectivity index is 1.52. The summed E-state index contributed by atoms with van der Waals surface area (Å²) in [6, 6.07) is 0. The van der Waals surface area contributed by atoms with Gasteiger partial charge in [-0.05, 0) is 19.4 Å². The molecule has 0 aromatic rings. The number of nitrogens with zero attached hydrogens (tertiary/aromatic N) is 3. The van der Waals surface area contributed by atoms with Crippen LogP contribution in [0.3, 0.4) is 0 Å². The van der Waals surface area contributed by atoms with Crippen LogP contribution in [0.2, 0.25) is 0 Å². The first-order chi connectivity index (χ1) is 10.9. The summed E-state index contributed by atoms with van der Waals surface area (Å²) >= 11 is 0. The molecule has 0 unspecified atom stereocenters. The van der Waals surface area contributed by atoms with Crippen molar-refractivity contribution in [3.8, 4) is 0 Å². The smallest absolute Gasteiger partial charge is 0.253 e. The molecule has 2 amide bonds. The third kappa shape index (κ3) is 5.40. The quantitative estimate of drug-likeness (QED) is 0.460. The van der Waals surface area contributed by atoms with Crippen LogP contribution in [-0.4, -0.2) is 79.9 Å². The molecule has 130 valence electrons. The van der Waals surface area contributed by atoms with Crippen molar-refractivity contribution in [2.75, 3.05) is 45.5 Å². The fraction of sp³-hybridized carbons (Fsp3) is 0.733. The van der Waals surface area contributed by atoms with Crippen molar-refractivity contribution in [2.45, 2.75) is 25.7 Å². The molecule has 1 fully saturated rings. The lowest BCUT2D eigenvalue weighted by molar-refractivity contribution is -0.136. The maximum absolute atomic E-state index is 11.4. The Morgan fingerprint density at radius 2 is 1.39 bits per heavy atom. The van der Waals surface area contributed by atoms with E-state index in [2.05, 4.69) is 4.90 Å². The number of hydrogen-bond donors (Lipinski definition) is 0. The van der Waals surface area contributed by atoms with E-state index < -0.39 is 10.0 Å². The van der Waals surface area contributed by atoms with Gasteiger partial charge in [0.2, 0.25) is 10.0 Å². The highest BCUT2D eigenvalue weighted by atomic mass is 32.2. The van der Waals surface area contributed by atoms with Crippen molar-refractivity contribution in [3.63, 3.8) is 0 Å².